The number of nitrogens with zero attached hydrogens (tertiary/aromatic N) is 3. The summed E-state index contributed by atoms with van der Waals surface area (Å²) in [6, 6.07) is 7.31. The molecule has 0 bridgehead atoms. The number of aryl methyl sites for hydroxylation is 1. The number of nitrogens with one attached hydrogen (secondary N) is 1. The number of amides is 1. The highest BCUT2D eigenvalue weighted by Gasteiger charge is 2.19. The second kappa shape index (κ2) is 9.41. The van der Waals surface area contributed by atoms with E-state index < -0.39 is 11.9 Å². The van der Waals surface area contributed by atoms with E-state index in [9.17, 15) is 14.7 Å². The van der Waals surface area contributed by atoms with Crippen LogP contribution in [0.4, 0.5) is 0 Å². The number of carboxylic acids is 1. The molecule has 0 saturated heterocycles. The lowest BCUT2D eigenvalue weighted by molar-refractivity contribution is -0.141. The predicted molar refractivity (Wildman–Crippen MR) is 90.1 cm³/mol. The van der Waals surface area contributed by atoms with E-state index in [-0.39, 0.29) is 18.9 Å². The van der Waals surface area contributed by atoms with Gasteiger partial charge in [0.1, 0.15) is 18.4 Å². The van der Waals surface area contributed by atoms with Crippen molar-refractivity contribution in [3.63, 3.8) is 0 Å². The van der Waals surface area contributed by atoms with Crippen molar-refractivity contribution in [2.24, 2.45) is 5.92 Å². The summed E-state index contributed by atoms with van der Waals surface area (Å²) < 4.78 is 6.91. The fourth-order valence-electron chi connectivity index (χ4n) is 2.31. The number of rotatable bonds is 10. The van der Waals surface area contributed by atoms with Crippen molar-refractivity contribution in [2.75, 3.05) is 13.2 Å². The van der Waals surface area contributed by atoms with Crippen molar-refractivity contribution in [2.45, 2.75) is 26.3 Å². The Morgan fingerprint density at radius 1 is 1.32 bits per heavy atom. The Kier molecular flexibility index (Phi) is 6.94. The molecule has 1 heterocycles. The molecule has 1 amide bonds. The number of hydrogen-bond donors (Lipinski definition) is 2. The Morgan fingerprint density at radius 3 is 2.68 bits per heavy atom. The molecule has 0 spiro atoms. The molecule has 134 valence electrons. The third kappa shape index (κ3) is 6.25. The zero-order valence-electron chi connectivity index (χ0n) is 14.1. The molecular formula is C17H22N4O4. The van der Waals surface area contributed by atoms with Crippen LogP contribution in [0.15, 0.2) is 36.9 Å². The maximum atomic E-state index is 11.9. The summed E-state index contributed by atoms with van der Waals surface area (Å²) in [6.45, 7) is 2.97. The molecule has 25 heavy (non-hydrogen) atoms. The number of carbonyl (C=O) groups is 2. The average molecular weight is 346 g/mol. The van der Waals surface area contributed by atoms with Crippen molar-refractivity contribution in [3.8, 4) is 5.75 Å². The molecule has 0 saturated carbocycles. The molecule has 2 aromatic rings. The monoisotopic (exact) mass is 346 g/mol. The molecule has 2 N–H and O–H groups in total. The second-order valence-electron chi connectivity index (χ2n) is 5.53. The molecule has 0 radical (unpaired) electrons. The van der Waals surface area contributed by atoms with Gasteiger partial charge in [0.15, 0.2) is 0 Å². The topological polar surface area (TPSA) is 106 Å². The van der Waals surface area contributed by atoms with E-state index in [0.29, 0.717) is 19.6 Å². The van der Waals surface area contributed by atoms with Crippen LogP contribution in [0, 0.1) is 5.92 Å². The highest BCUT2D eigenvalue weighted by molar-refractivity contribution is 5.77. The van der Waals surface area contributed by atoms with Crippen LogP contribution in [-0.2, 0) is 22.6 Å². The zero-order chi connectivity index (χ0) is 18.1. The quantitative estimate of drug-likeness (QED) is 0.668. The van der Waals surface area contributed by atoms with Crippen molar-refractivity contribution in [1.29, 1.82) is 0 Å². The highest BCUT2D eigenvalue weighted by Crippen LogP contribution is 2.15. The van der Waals surface area contributed by atoms with Crippen molar-refractivity contribution in [3.05, 3.63) is 42.5 Å². The lowest BCUT2D eigenvalue weighted by Crippen LogP contribution is -2.34. The first-order chi connectivity index (χ1) is 12.1. The molecule has 0 aliphatic rings. The number of aliphatic carboxylic acids is 1. The maximum Gasteiger partial charge on any atom is 0.308 e. The summed E-state index contributed by atoms with van der Waals surface area (Å²) in [7, 11) is 0. The fraction of sp³-hybridized carbons (Fsp3) is 0.412. The molecule has 8 nitrogen and oxygen atoms in total. The molecule has 1 unspecified atom stereocenters. The van der Waals surface area contributed by atoms with Crippen LogP contribution in [-0.4, -0.2) is 44.9 Å². The van der Waals surface area contributed by atoms with Crippen molar-refractivity contribution >= 4 is 11.9 Å². The number of hydrogen-bond acceptors (Lipinski definition) is 5. The first-order valence-electron chi connectivity index (χ1n) is 8.12. The SMILES string of the molecule is CCOc1ccc(CC(CNC(=O)CCn2cncn2)C(=O)O)cc1. The van der Waals surface area contributed by atoms with Crippen LogP contribution in [0.3, 0.4) is 0 Å². The van der Waals surface area contributed by atoms with Crippen LogP contribution in [0.1, 0.15) is 18.9 Å². The van der Waals surface area contributed by atoms with Gasteiger partial charge in [-0.05, 0) is 31.0 Å². The van der Waals surface area contributed by atoms with Crippen LogP contribution in [0.2, 0.25) is 0 Å². The van der Waals surface area contributed by atoms with Crippen molar-refractivity contribution < 1.29 is 19.4 Å². The third-order valence-corrected chi connectivity index (χ3v) is 3.65. The molecule has 1 atom stereocenters. The van der Waals surface area contributed by atoms with E-state index >= 15 is 0 Å². The van der Waals surface area contributed by atoms with E-state index in [2.05, 4.69) is 15.4 Å². The Balaban J connectivity index is 1.81. The summed E-state index contributed by atoms with van der Waals surface area (Å²) in [5.41, 5.74) is 0.882. The van der Waals surface area contributed by atoms with Gasteiger partial charge in [0, 0.05) is 13.0 Å². The van der Waals surface area contributed by atoms with Gasteiger partial charge >= 0.3 is 5.97 Å². The molecule has 0 aliphatic heterocycles. The molecule has 1 aromatic carbocycles. The summed E-state index contributed by atoms with van der Waals surface area (Å²) in [4.78, 5) is 27.1. The third-order valence-electron chi connectivity index (χ3n) is 3.65. The number of ether oxygens (including phenoxy) is 1. The number of carbonyl (C=O) groups excluding carboxylic acids is 1. The number of aromatic nitrogens is 3. The first kappa shape index (κ1) is 18.4. The molecule has 0 fully saturated rings. The lowest BCUT2D eigenvalue weighted by atomic mass is 9.99. The predicted octanol–water partition coefficient (Wildman–Crippen LogP) is 1.13. The smallest absolute Gasteiger partial charge is 0.308 e. The summed E-state index contributed by atoms with van der Waals surface area (Å²) >= 11 is 0. The van der Waals surface area contributed by atoms with Gasteiger partial charge in [-0.1, -0.05) is 12.1 Å². The van der Waals surface area contributed by atoms with E-state index in [4.69, 9.17) is 4.74 Å². The van der Waals surface area contributed by atoms with Crippen LogP contribution >= 0.6 is 0 Å². The zero-order valence-corrected chi connectivity index (χ0v) is 14.1. The van der Waals surface area contributed by atoms with Gasteiger partial charge < -0.3 is 15.2 Å². The van der Waals surface area contributed by atoms with Crippen molar-refractivity contribution in [1.82, 2.24) is 20.1 Å². The van der Waals surface area contributed by atoms with E-state index in [1.807, 2.05) is 31.2 Å². The molecule has 2 rings (SSSR count). The lowest BCUT2D eigenvalue weighted by Gasteiger charge is -2.14. The van der Waals surface area contributed by atoms with Crippen LogP contribution < -0.4 is 10.1 Å². The Morgan fingerprint density at radius 2 is 2.08 bits per heavy atom. The fourth-order valence-corrected chi connectivity index (χ4v) is 2.31. The Hall–Kier alpha value is -2.90. The molecule has 1 aromatic heterocycles. The minimum Gasteiger partial charge on any atom is -0.494 e. The van der Waals surface area contributed by atoms with Gasteiger partial charge in [-0.25, -0.2) is 4.98 Å². The minimum atomic E-state index is -0.939. The molecule has 0 aliphatic carbocycles. The van der Waals surface area contributed by atoms with E-state index in [1.54, 1.807) is 4.68 Å². The van der Waals surface area contributed by atoms with Crippen LogP contribution in [0.25, 0.3) is 0 Å². The van der Waals surface area contributed by atoms with Crippen LogP contribution in [0.5, 0.6) is 5.75 Å². The minimum absolute atomic E-state index is 0.0821. The molecule has 8 heteroatoms. The highest BCUT2D eigenvalue weighted by atomic mass is 16.5. The summed E-state index contributed by atoms with van der Waals surface area (Å²) in [6.07, 6.45) is 3.48. The van der Waals surface area contributed by atoms with Gasteiger partial charge in [0.05, 0.1) is 19.1 Å². The number of carboxylic acid groups (broad SMARTS) is 1. The summed E-state index contributed by atoms with van der Waals surface area (Å²) in [5, 5.41) is 15.9. The summed E-state index contributed by atoms with van der Waals surface area (Å²) in [5.74, 6) is -1.09. The Labute approximate surface area is 145 Å². The molecular weight excluding hydrogens is 324 g/mol. The van der Waals surface area contributed by atoms with Gasteiger partial charge in [-0.3, -0.25) is 14.3 Å². The average Bonchev–Trinajstić information content (AvgIpc) is 3.11. The second-order valence-corrected chi connectivity index (χ2v) is 5.53. The van der Waals surface area contributed by atoms with Gasteiger partial charge in [-0.15, -0.1) is 0 Å². The van der Waals surface area contributed by atoms with Gasteiger partial charge in [0.2, 0.25) is 5.91 Å². The van der Waals surface area contributed by atoms with E-state index in [0.717, 1.165) is 11.3 Å². The number of benzene rings is 1. The normalized spacial score (nSPS) is 11.7. The van der Waals surface area contributed by atoms with Gasteiger partial charge in [0.25, 0.3) is 0 Å². The standard InChI is InChI=1S/C17H22N4O4/c1-2-25-15-5-3-13(4-6-15)9-14(17(23)24)10-19-16(22)7-8-21-12-18-11-20-21/h3-6,11-12,14H,2,7-10H2,1H3,(H,19,22)(H,23,24). The maximum absolute atomic E-state index is 11.9. The largest absolute Gasteiger partial charge is 0.494 e. The first-order valence-corrected chi connectivity index (χ1v) is 8.12. The Bertz CT molecular complexity index is 670. The van der Waals surface area contributed by atoms with E-state index in [1.165, 1.54) is 12.7 Å². The van der Waals surface area contributed by atoms with Gasteiger partial charge in [-0.2, -0.15) is 5.10 Å².